The average Bonchev–Trinajstić information content (AvgIpc) is 2.98. The molecule has 1 aliphatic carbocycles. The van der Waals surface area contributed by atoms with Crippen molar-refractivity contribution in [1.29, 1.82) is 0 Å². The van der Waals surface area contributed by atoms with Gasteiger partial charge in [-0.25, -0.2) is 4.39 Å². The Morgan fingerprint density at radius 1 is 1.45 bits per heavy atom. The average molecular weight is 300 g/mol. The van der Waals surface area contributed by atoms with Crippen molar-refractivity contribution in [2.24, 2.45) is 5.92 Å². The lowest BCUT2D eigenvalue weighted by molar-refractivity contribution is 0.141. The highest BCUT2D eigenvalue weighted by atomic mass is 35.5. The molecule has 1 N–H and O–H groups in total. The highest BCUT2D eigenvalue weighted by Crippen LogP contribution is 2.49. The van der Waals surface area contributed by atoms with Crippen molar-refractivity contribution >= 4 is 11.6 Å². The van der Waals surface area contributed by atoms with E-state index in [0.29, 0.717) is 11.7 Å². The summed E-state index contributed by atoms with van der Waals surface area (Å²) >= 11 is 6.16. The van der Waals surface area contributed by atoms with E-state index in [4.69, 9.17) is 21.1 Å². The van der Waals surface area contributed by atoms with Gasteiger partial charge in [0.1, 0.15) is 16.4 Å². The molecular formula is C15H19ClFNO2. The number of benzene rings is 1. The lowest BCUT2D eigenvalue weighted by Crippen LogP contribution is -2.24. The van der Waals surface area contributed by atoms with Crippen LogP contribution in [0.2, 0.25) is 5.02 Å². The van der Waals surface area contributed by atoms with Gasteiger partial charge < -0.3 is 14.8 Å². The van der Waals surface area contributed by atoms with Gasteiger partial charge in [0.25, 0.3) is 0 Å². The van der Waals surface area contributed by atoms with Gasteiger partial charge in [-0.2, -0.15) is 0 Å². The minimum absolute atomic E-state index is 0.134. The first-order chi connectivity index (χ1) is 9.63. The molecule has 2 aliphatic rings. The first-order valence-corrected chi connectivity index (χ1v) is 7.43. The number of hydrogen-bond acceptors (Lipinski definition) is 3. The zero-order chi connectivity index (χ0) is 14.2. The Morgan fingerprint density at radius 3 is 2.85 bits per heavy atom. The van der Waals surface area contributed by atoms with Crippen molar-refractivity contribution in [2.75, 3.05) is 20.2 Å². The quantitative estimate of drug-likeness (QED) is 0.904. The summed E-state index contributed by atoms with van der Waals surface area (Å²) in [5.41, 5.74) is -0.229. The molecular weight excluding hydrogens is 281 g/mol. The molecule has 0 aromatic heterocycles. The lowest BCUT2D eigenvalue weighted by atomic mass is 9.99. The minimum atomic E-state index is -0.424. The van der Waals surface area contributed by atoms with E-state index in [0.717, 1.165) is 32.4 Å². The van der Waals surface area contributed by atoms with Crippen molar-refractivity contribution < 1.29 is 13.9 Å². The molecule has 1 aromatic carbocycles. The second-order valence-electron chi connectivity index (χ2n) is 5.74. The zero-order valence-electron chi connectivity index (χ0n) is 11.5. The molecule has 0 radical (unpaired) electrons. The third kappa shape index (κ3) is 2.72. The van der Waals surface area contributed by atoms with Crippen LogP contribution in [0.4, 0.5) is 4.39 Å². The summed E-state index contributed by atoms with van der Waals surface area (Å²) in [4.78, 5) is 0. The van der Waals surface area contributed by atoms with Crippen molar-refractivity contribution in [1.82, 2.24) is 5.32 Å². The van der Waals surface area contributed by atoms with Gasteiger partial charge in [0.2, 0.25) is 0 Å². The topological polar surface area (TPSA) is 30.5 Å². The normalized spacial score (nSPS) is 23.6. The van der Waals surface area contributed by atoms with Crippen LogP contribution in [-0.2, 0) is 0 Å². The Kier molecular flexibility index (Phi) is 3.78. The van der Waals surface area contributed by atoms with E-state index < -0.39 is 5.82 Å². The van der Waals surface area contributed by atoms with Crippen LogP contribution in [0.3, 0.4) is 0 Å². The van der Waals surface area contributed by atoms with E-state index in [1.807, 2.05) is 0 Å². The van der Waals surface area contributed by atoms with E-state index >= 15 is 0 Å². The highest BCUT2D eigenvalue weighted by Gasteiger charge is 2.48. The first kappa shape index (κ1) is 14.0. The molecule has 1 atom stereocenters. The van der Waals surface area contributed by atoms with Gasteiger partial charge in [-0.15, -0.1) is 0 Å². The number of hydrogen-bond donors (Lipinski definition) is 1. The van der Waals surface area contributed by atoms with Gasteiger partial charge >= 0.3 is 0 Å². The molecule has 3 rings (SSSR count). The Labute approximate surface area is 123 Å². The summed E-state index contributed by atoms with van der Waals surface area (Å²) in [6, 6.07) is 2.86. The Bertz CT molecular complexity index is 499. The van der Waals surface area contributed by atoms with Crippen LogP contribution in [0.25, 0.3) is 0 Å². The van der Waals surface area contributed by atoms with E-state index in [9.17, 15) is 4.39 Å². The lowest BCUT2D eigenvalue weighted by Gasteiger charge is -2.22. The number of rotatable bonds is 5. The summed E-state index contributed by atoms with van der Waals surface area (Å²) in [5, 5.41) is 3.58. The van der Waals surface area contributed by atoms with Gasteiger partial charge in [0.15, 0.2) is 11.6 Å². The highest BCUT2D eigenvalue weighted by molar-refractivity contribution is 6.33. The van der Waals surface area contributed by atoms with E-state index in [1.54, 1.807) is 0 Å². The van der Waals surface area contributed by atoms with Crippen LogP contribution in [0.15, 0.2) is 12.1 Å². The molecule has 5 heteroatoms. The van der Waals surface area contributed by atoms with E-state index in [-0.39, 0.29) is 16.4 Å². The number of nitrogens with one attached hydrogen (secondary N) is 1. The van der Waals surface area contributed by atoms with Gasteiger partial charge in [0.05, 0.1) is 7.11 Å². The predicted molar refractivity (Wildman–Crippen MR) is 76.1 cm³/mol. The van der Waals surface area contributed by atoms with Crippen molar-refractivity contribution in [2.45, 2.75) is 31.3 Å². The van der Waals surface area contributed by atoms with Gasteiger partial charge in [-0.1, -0.05) is 11.6 Å². The first-order valence-electron chi connectivity index (χ1n) is 7.05. The van der Waals surface area contributed by atoms with Crippen molar-refractivity contribution in [3.8, 4) is 11.5 Å². The molecule has 1 aliphatic heterocycles. The molecule has 2 fully saturated rings. The molecule has 1 aromatic rings. The van der Waals surface area contributed by atoms with Crippen LogP contribution in [0.5, 0.6) is 11.5 Å². The third-order valence-corrected chi connectivity index (χ3v) is 4.54. The largest absolute Gasteiger partial charge is 0.495 e. The van der Waals surface area contributed by atoms with Gasteiger partial charge in [-0.05, 0) is 56.8 Å². The molecule has 1 unspecified atom stereocenters. The van der Waals surface area contributed by atoms with Gasteiger partial charge in [0, 0.05) is 0 Å². The number of halogens is 2. The van der Waals surface area contributed by atoms with Crippen LogP contribution in [-0.4, -0.2) is 25.8 Å². The minimum Gasteiger partial charge on any atom is -0.495 e. The van der Waals surface area contributed by atoms with Crippen LogP contribution in [0.1, 0.15) is 25.7 Å². The summed E-state index contributed by atoms with van der Waals surface area (Å²) in [6.07, 6.45) is 4.07. The van der Waals surface area contributed by atoms with Crippen LogP contribution in [0, 0.1) is 11.7 Å². The van der Waals surface area contributed by atoms with E-state index in [2.05, 4.69) is 5.32 Å². The molecule has 1 saturated heterocycles. The standard InChI is InChI=1S/C15H19ClFNO2/c1-19-12-3-2-11(17)14(13(12)16)20-15(5-6-15)8-10-4-7-18-9-10/h2-3,10,18H,4-9H2,1H3. The Hall–Kier alpha value is -1.00. The smallest absolute Gasteiger partial charge is 0.178 e. The summed E-state index contributed by atoms with van der Waals surface area (Å²) < 4.78 is 25.0. The Morgan fingerprint density at radius 2 is 2.25 bits per heavy atom. The maximum Gasteiger partial charge on any atom is 0.178 e. The molecule has 1 saturated carbocycles. The third-order valence-electron chi connectivity index (χ3n) is 4.18. The van der Waals surface area contributed by atoms with Crippen LogP contribution < -0.4 is 14.8 Å². The van der Waals surface area contributed by atoms with E-state index in [1.165, 1.54) is 25.7 Å². The maximum atomic E-state index is 14.0. The summed E-state index contributed by atoms with van der Waals surface area (Å²) in [7, 11) is 1.51. The van der Waals surface area contributed by atoms with Crippen LogP contribution >= 0.6 is 11.6 Å². The monoisotopic (exact) mass is 299 g/mol. The molecule has 20 heavy (non-hydrogen) atoms. The molecule has 110 valence electrons. The SMILES string of the molecule is COc1ccc(F)c(OC2(CC3CCNC3)CC2)c1Cl. The fourth-order valence-electron chi connectivity index (χ4n) is 2.88. The van der Waals surface area contributed by atoms with Crippen molar-refractivity contribution in [3.63, 3.8) is 0 Å². The molecule has 0 amide bonds. The zero-order valence-corrected chi connectivity index (χ0v) is 12.3. The second kappa shape index (κ2) is 5.41. The summed E-state index contributed by atoms with van der Waals surface area (Å²) in [6.45, 7) is 2.09. The second-order valence-corrected chi connectivity index (χ2v) is 6.12. The molecule has 0 bridgehead atoms. The number of methoxy groups -OCH3 is 1. The fourth-order valence-corrected chi connectivity index (χ4v) is 3.15. The maximum absolute atomic E-state index is 14.0. The molecule has 0 spiro atoms. The predicted octanol–water partition coefficient (Wildman–Crippen LogP) is 3.40. The Balaban J connectivity index is 1.77. The number of ether oxygens (including phenoxy) is 2. The fraction of sp³-hybridized carbons (Fsp3) is 0.600. The molecule has 1 heterocycles. The summed E-state index contributed by atoms with van der Waals surface area (Å²) in [5.74, 6) is 0.771. The van der Waals surface area contributed by atoms with Crippen molar-refractivity contribution in [3.05, 3.63) is 23.0 Å². The van der Waals surface area contributed by atoms with Gasteiger partial charge in [-0.3, -0.25) is 0 Å². The molecule has 3 nitrogen and oxygen atoms in total.